The van der Waals surface area contributed by atoms with Crippen LogP contribution in [0.25, 0.3) is 11.1 Å². The molecule has 2 aliphatic rings. The topological polar surface area (TPSA) is 114 Å². The predicted octanol–water partition coefficient (Wildman–Crippen LogP) is 2.99. The van der Waals surface area contributed by atoms with E-state index in [9.17, 15) is 19.1 Å². The largest absolute Gasteiger partial charge is 0.450 e. The third-order valence-electron chi connectivity index (χ3n) is 6.19. The average molecular weight is 434 g/mol. The molecule has 1 aliphatic carbocycles. The molecular weight excluding hydrogens is 415 g/mol. The zero-order chi connectivity index (χ0) is 22.3. The number of nitrogens with zero attached hydrogens (tertiary/aromatic N) is 3. The Labute approximate surface area is 182 Å². The van der Waals surface area contributed by atoms with Gasteiger partial charge in [-0.15, -0.1) is 0 Å². The second kappa shape index (κ2) is 7.45. The van der Waals surface area contributed by atoms with Crippen molar-refractivity contribution in [1.29, 1.82) is 0 Å². The molecule has 1 aromatic carbocycles. The molecule has 162 valence electrons. The standard InChI is InChI=1S/C23H19FN4O4/c24-18-4-2-1-3-15(18)14-11-26-21(27-12-14)28-20(30)22(31)6-8-23(9-7-22)17-5-10-25-13-16(17)19(29)32-23/h1-5,10-13,31H,6-9H2,(H,26,27,28,30). The van der Waals surface area contributed by atoms with Crippen molar-refractivity contribution in [2.24, 2.45) is 0 Å². The van der Waals surface area contributed by atoms with Crippen molar-refractivity contribution in [2.75, 3.05) is 5.32 Å². The van der Waals surface area contributed by atoms with Gasteiger partial charge in [0.1, 0.15) is 17.0 Å². The molecule has 32 heavy (non-hydrogen) atoms. The lowest BCUT2D eigenvalue weighted by molar-refractivity contribution is -0.144. The molecule has 3 heterocycles. The number of rotatable bonds is 3. The number of nitrogens with one attached hydrogen (secondary N) is 1. The van der Waals surface area contributed by atoms with Gasteiger partial charge in [-0.1, -0.05) is 18.2 Å². The number of carbonyl (C=O) groups is 2. The van der Waals surface area contributed by atoms with E-state index in [1.165, 1.54) is 24.7 Å². The van der Waals surface area contributed by atoms with Crippen molar-refractivity contribution in [3.05, 3.63) is 72.1 Å². The molecule has 3 aromatic rings. The molecule has 0 unspecified atom stereocenters. The lowest BCUT2D eigenvalue weighted by Gasteiger charge is -2.40. The van der Waals surface area contributed by atoms with Crippen molar-refractivity contribution in [1.82, 2.24) is 15.0 Å². The zero-order valence-corrected chi connectivity index (χ0v) is 16.9. The number of benzene rings is 1. The van der Waals surface area contributed by atoms with E-state index in [-0.39, 0.29) is 18.8 Å². The number of esters is 1. The third kappa shape index (κ3) is 3.31. The SMILES string of the molecule is O=C1OC2(CCC(O)(C(=O)Nc3ncc(-c4ccccc4F)cn3)CC2)c2ccncc21. The molecule has 0 atom stereocenters. The Morgan fingerprint density at radius 1 is 1.03 bits per heavy atom. The summed E-state index contributed by atoms with van der Waals surface area (Å²) >= 11 is 0. The first kappa shape index (κ1) is 20.2. The third-order valence-corrected chi connectivity index (χ3v) is 6.19. The second-order valence-corrected chi connectivity index (χ2v) is 8.07. The molecule has 2 N–H and O–H groups in total. The molecule has 0 radical (unpaired) electrons. The lowest BCUT2D eigenvalue weighted by Crippen LogP contribution is -2.49. The van der Waals surface area contributed by atoms with Gasteiger partial charge in [0.05, 0.1) is 5.56 Å². The number of aromatic nitrogens is 3. The van der Waals surface area contributed by atoms with Crippen LogP contribution in [-0.4, -0.2) is 37.5 Å². The number of anilines is 1. The Kier molecular flexibility index (Phi) is 4.70. The molecule has 8 nitrogen and oxygen atoms in total. The number of hydrogen-bond acceptors (Lipinski definition) is 7. The van der Waals surface area contributed by atoms with Gasteiger partial charge in [-0.3, -0.25) is 15.1 Å². The number of pyridine rings is 1. The normalized spacial score (nSPS) is 24.1. The van der Waals surface area contributed by atoms with Crippen LogP contribution < -0.4 is 5.32 Å². The van der Waals surface area contributed by atoms with Crippen LogP contribution in [0.2, 0.25) is 0 Å². The Hall–Kier alpha value is -3.72. The number of ether oxygens (including phenoxy) is 1. The minimum Gasteiger partial charge on any atom is -0.450 e. The summed E-state index contributed by atoms with van der Waals surface area (Å²) in [6, 6.07) is 7.99. The van der Waals surface area contributed by atoms with Crippen molar-refractivity contribution >= 4 is 17.8 Å². The van der Waals surface area contributed by atoms with Gasteiger partial charge in [-0.05, 0) is 37.8 Å². The molecule has 0 saturated heterocycles. The number of aliphatic hydroxyl groups is 1. The fraction of sp³-hybridized carbons (Fsp3) is 0.261. The summed E-state index contributed by atoms with van der Waals surface area (Å²) in [5, 5.41) is 13.5. The first-order valence-corrected chi connectivity index (χ1v) is 10.2. The van der Waals surface area contributed by atoms with Gasteiger partial charge >= 0.3 is 5.97 Å². The van der Waals surface area contributed by atoms with E-state index in [1.807, 2.05) is 0 Å². The van der Waals surface area contributed by atoms with Crippen LogP contribution >= 0.6 is 0 Å². The maximum atomic E-state index is 13.9. The molecular formula is C23H19FN4O4. The molecule has 2 aromatic heterocycles. The minimum absolute atomic E-state index is 0.00696. The molecule has 1 amide bonds. The molecule has 1 fully saturated rings. The van der Waals surface area contributed by atoms with Crippen LogP contribution in [0.3, 0.4) is 0 Å². The van der Waals surface area contributed by atoms with Gasteiger partial charge in [-0.2, -0.15) is 0 Å². The van der Waals surface area contributed by atoms with E-state index >= 15 is 0 Å². The lowest BCUT2D eigenvalue weighted by atomic mass is 9.72. The van der Waals surface area contributed by atoms with Gasteiger partial charge in [0.15, 0.2) is 0 Å². The van der Waals surface area contributed by atoms with E-state index in [0.29, 0.717) is 29.5 Å². The Morgan fingerprint density at radius 2 is 1.75 bits per heavy atom. The van der Waals surface area contributed by atoms with E-state index in [4.69, 9.17) is 4.74 Å². The second-order valence-electron chi connectivity index (χ2n) is 8.07. The number of amides is 1. The minimum atomic E-state index is -1.65. The van der Waals surface area contributed by atoms with Gasteiger partial charge in [-0.25, -0.2) is 19.2 Å². The summed E-state index contributed by atoms with van der Waals surface area (Å²) in [6.45, 7) is 0. The van der Waals surface area contributed by atoms with Crippen LogP contribution in [0.5, 0.6) is 0 Å². The maximum Gasteiger partial charge on any atom is 0.341 e. The molecule has 1 aliphatic heterocycles. The number of hydrogen-bond donors (Lipinski definition) is 2. The van der Waals surface area contributed by atoms with Crippen LogP contribution in [0.1, 0.15) is 41.6 Å². The van der Waals surface area contributed by atoms with Crippen LogP contribution in [0, 0.1) is 5.82 Å². The summed E-state index contributed by atoms with van der Waals surface area (Å²) in [6.07, 6.45) is 6.68. The van der Waals surface area contributed by atoms with Gasteiger partial charge in [0.2, 0.25) is 5.95 Å². The summed E-state index contributed by atoms with van der Waals surface area (Å²) in [5.41, 5.74) is -0.516. The van der Waals surface area contributed by atoms with Crippen molar-refractivity contribution in [3.63, 3.8) is 0 Å². The molecule has 9 heteroatoms. The highest BCUT2D eigenvalue weighted by Gasteiger charge is 2.53. The summed E-state index contributed by atoms with van der Waals surface area (Å²) in [5.74, 6) is -1.47. The van der Waals surface area contributed by atoms with E-state index in [1.54, 1.807) is 30.5 Å². The Morgan fingerprint density at radius 3 is 2.47 bits per heavy atom. The smallest absolute Gasteiger partial charge is 0.341 e. The summed E-state index contributed by atoms with van der Waals surface area (Å²) in [4.78, 5) is 37.1. The first-order chi connectivity index (χ1) is 15.4. The van der Waals surface area contributed by atoms with Crippen molar-refractivity contribution in [3.8, 4) is 11.1 Å². The van der Waals surface area contributed by atoms with E-state index in [0.717, 1.165) is 5.56 Å². The average Bonchev–Trinajstić information content (AvgIpc) is 3.09. The molecule has 1 spiro atoms. The van der Waals surface area contributed by atoms with Crippen LogP contribution in [-0.2, 0) is 15.1 Å². The van der Waals surface area contributed by atoms with Gasteiger partial charge in [0.25, 0.3) is 5.91 Å². The Balaban J connectivity index is 1.28. The number of carbonyl (C=O) groups excluding carboxylic acids is 2. The number of fused-ring (bicyclic) bond motifs is 2. The fourth-order valence-corrected chi connectivity index (χ4v) is 4.35. The van der Waals surface area contributed by atoms with Gasteiger partial charge in [0, 0.05) is 41.5 Å². The summed E-state index contributed by atoms with van der Waals surface area (Å²) < 4.78 is 19.6. The van der Waals surface area contributed by atoms with Crippen molar-refractivity contribution < 1.29 is 23.8 Å². The zero-order valence-electron chi connectivity index (χ0n) is 16.9. The van der Waals surface area contributed by atoms with E-state index in [2.05, 4.69) is 20.3 Å². The highest BCUT2D eigenvalue weighted by atomic mass is 19.1. The first-order valence-electron chi connectivity index (χ1n) is 10.2. The van der Waals surface area contributed by atoms with Crippen LogP contribution in [0.4, 0.5) is 10.3 Å². The predicted molar refractivity (Wildman–Crippen MR) is 111 cm³/mol. The fourth-order valence-electron chi connectivity index (χ4n) is 4.35. The highest BCUT2D eigenvalue weighted by Crippen LogP contribution is 2.49. The molecule has 1 saturated carbocycles. The molecule has 5 rings (SSSR count). The molecule has 0 bridgehead atoms. The Bertz CT molecular complexity index is 1210. The quantitative estimate of drug-likeness (QED) is 0.609. The number of halogens is 1. The van der Waals surface area contributed by atoms with Gasteiger partial charge < -0.3 is 9.84 Å². The van der Waals surface area contributed by atoms with Crippen molar-refractivity contribution in [2.45, 2.75) is 36.9 Å². The summed E-state index contributed by atoms with van der Waals surface area (Å²) in [7, 11) is 0. The monoisotopic (exact) mass is 434 g/mol. The highest BCUT2D eigenvalue weighted by molar-refractivity contribution is 5.96. The van der Waals surface area contributed by atoms with E-state index < -0.39 is 28.9 Å². The maximum absolute atomic E-state index is 13.9. The van der Waals surface area contributed by atoms with Crippen LogP contribution in [0.15, 0.2) is 55.1 Å².